The van der Waals surface area contributed by atoms with Crippen molar-refractivity contribution in [1.29, 1.82) is 0 Å². The Morgan fingerprint density at radius 3 is 2.71 bits per heavy atom. The summed E-state index contributed by atoms with van der Waals surface area (Å²) >= 11 is 0. The van der Waals surface area contributed by atoms with Gasteiger partial charge in [0.25, 0.3) is 0 Å². The fourth-order valence-corrected chi connectivity index (χ4v) is 3.16. The molecule has 1 heterocycles. The fourth-order valence-electron chi connectivity index (χ4n) is 3.16. The Bertz CT molecular complexity index is 639. The number of hydrogen-bond acceptors (Lipinski definition) is 3. The van der Waals surface area contributed by atoms with E-state index in [9.17, 15) is 9.90 Å². The van der Waals surface area contributed by atoms with Crippen LogP contribution in [0.25, 0.3) is 11.0 Å². The van der Waals surface area contributed by atoms with Crippen molar-refractivity contribution in [1.82, 2.24) is 5.32 Å². The highest BCUT2D eigenvalue weighted by Gasteiger charge is 2.22. The average molecular weight is 287 g/mol. The number of benzene rings is 1. The standard InChI is InChI=1S/C17H21NO3/c1-11-6-8-12(9-7-11)18-10-14-13-4-2-3-5-15(13)21-16(14)17(19)20/h2-5,11-12,18H,6-10H2,1H3,(H,19,20). The summed E-state index contributed by atoms with van der Waals surface area (Å²) in [5, 5.41) is 13.7. The first kappa shape index (κ1) is 14.1. The Hall–Kier alpha value is -1.81. The van der Waals surface area contributed by atoms with E-state index >= 15 is 0 Å². The zero-order valence-electron chi connectivity index (χ0n) is 12.3. The van der Waals surface area contributed by atoms with Gasteiger partial charge in [-0.05, 0) is 37.7 Å². The molecule has 1 aromatic carbocycles. The van der Waals surface area contributed by atoms with Gasteiger partial charge in [0.05, 0.1) is 0 Å². The van der Waals surface area contributed by atoms with Crippen molar-refractivity contribution in [3.63, 3.8) is 0 Å². The largest absolute Gasteiger partial charge is 0.475 e. The van der Waals surface area contributed by atoms with E-state index in [2.05, 4.69) is 12.2 Å². The Balaban J connectivity index is 1.79. The summed E-state index contributed by atoms with van der Waals surface area (Å²) in [6.07, 6.45) is 4.82. The lowest BCUT2D eigenvalue weighted by Crippen LogP contribution is -2.32. The summed E-state index contributed by atoms with van der Waals surface area (Å²) in [4.78, 5) is 11.4. The van der Waals surface area contributed by atoms with Crippen molar-refractivity contribution in [2.24, 2.45) is 5.92 Å². The monoisotopic (exact) mass is 287 g/mol. The lowest BCUT2D eigenvalue weighted by molar-refractivity contribution is 0.0663. The van der Waals surface area contributed by atoms with Crippen LogP contribution in [0.15, 0.2) is 28.7 Å². The SMILES string of the molecule is CC1CCC(NCc2c(C(=O)O)oc3ccccc23)CC1. The highest BCUT2D eigenvalue weighted by Crippen LogP contribution is 2.27. The predicted molar refractivity (Wildman–Crippen MR) is 81.4 cm³/mol. The molecule has 0 saturated heterocycles. The Kier molecular flexibility index (Phi) is 3.97. The summed E-state index contributed by atoms with van der Waals surface area (Å²) in [5.74, 6) is -0.125. The predicted octanol–water partition coefficient (Wildman–Crippen LogP) is 3.80. The molecule has 112 valence electrons. The molecular formula is C17H21NO3. The van der Waals surface area contributed by atoms with E-state index in [0.717, 1.165) is 16.9 Å². The highest BCUT2D eigenvalue weighted by molar-refractivity contribution is 5.95. The Morgan fingerprint density at radius 2 is 2.00 bits per heavy atom. The third-order valence-corrected chi connectivity index (χ3v) is 4.48. The van der Waals surface area contributed by atoms with Gasteiger partial charge in [0.15, 0.2) is 0 Å². The van der Waals surface area contributed by atoms with Crippen LogP contribution >= 0.6 is 0 Å². The van der Waals surface area contributed by atoms with Crippen LogP contribution in [0.2, 0.25) is 0 Å². The van der Waals surface area contributed by atoms with E-state index in [1.54, 1.807) is 0 Å². The van der Waals surface area contributed by atoms with E-state index < -0.39 is 5.97 Å². The minimum atomic E-state index is -1.000. The van der Waals surface area contributed by atoms with Crippen LogP contribution in [0.5, 0.6) is 0 Å². The summed E-state index contributed by atoms with van der Waals surface area (Å²) in [6.45, 7) is 2.85. The van der Waals surface area contributed by atoms with Gasteiger partial charge in [-0.25, -0.2) is 4.79 Å². The molecule has 2 aromatic rings. The van der Waals surface area contributed by atoms with Crippen LogP contribution in [-0.4, -0.2) is 17.1 Å². The molecular weight excluding hydrogens is 266 g/mol. The third kappa shape index (κ3) is 2.95. The van der Waals surface area contributed by atoms with Crippen LogP contribution in [-0.2, 0) is 6.54 Å². The number of carboxylic acid groups (broad SMARTS) is 1. The smallest absolute Gasteiger partial charge is 0.372 e. The summed E-state index contributed by atoms with van der Waals surface area (Å²) in [6, 6.07) is 7.99. The Morgan fingerprint density at radius 1 is 1.29 bits per heavy atom. The maximum Gasteiger partial charge on any atom is 0.372 e. The number of carboxylic acids is 1. The number of carbonyl (C=O) groups is 1. The lowest BCUT2D eigenvalue weighted by atomic mass is 9.87. The highest BCUT2D eigenvalue weighted by atomic mass is 16.4. The molecule has 0 spiro atoms. The molecule has 2 N–H and O–H groups in total. The van der Waals surface area contributed by atoms with Gasteiger partial charge in [0.2, 0.25) is 5.76 Å². The normalized spacial score (nSPS) is 22.5. The van der Waals surface area contributed by atoms with Crippen LogP contribution in [0.3, 0.4) is 0 Å². The lowest BCUT2D eigenvalue weighted by Gasteiger charge is -2.27. The van der Waals surface area contributed by atoms with Gasteiger partial charge in [0.1, 0.15) is 5.58 Å². The molecule has 0 aliphatic heterocycles. The van der Waals surface area contributed by atoms with Gasteiger partial charge in [0, 0.05) is 23.5 Å². The van der Waals surface area contributed by atoms with Crippen LogP contribution in [0, 0.1) is 5.92 Å². The van der Waals surface area contributed by atoms with E-state index in [-0.39, 0.29) is 5.76 Å². The van der Waals surface area contributed by atoms with Crippen molar-refractivity contribution >= 4 is 16.9 Å². The van der Waals surface area contributed by atoms with Gasteiger partial charge in [-0.15, -0.1) is 0 Å². The van der Waals surface area contributed by atoms with Gasteiger partial charge in [-0.3, -0.25) is 0 Å². The molecule has 1 aliphatic carbocycles. The molecule has 1 aliphatic rings. The Labute approximate surface area is 124 Å². The van der Waals surface area contributed by atoms with Crippen LogP contribution in [0.4, 0.5) is 0 Å². The maximum absolute atomic E-state index is 11.4. The number of hydrogen-bond donors (Lipinski definition) is 2. The van der Waals surface area contributed by atoms with Crippen molar-refractivity contribution in [2.45, 2.75) is 45.2 Å². The molecule has 21 heavy (non-hydrogen) atoms. The molecule has 0 radical (unpaired) electrons. The molecule has 4 heteroatoms. The minimum Gasteiger partial charge on any atom is -0.475 e. The second-order valence-electron chi connectivity index (χ2n) is 6.05. The van der Waals surface area contributed by atoms with Crippen molar-refractivity contribution < 1.29 is 14.3 Å². The molecule has 3 rings (SSSR count). The first-order valence-electron chi connectivity index (χ1n) is 7.62. The van der Waals surface area contributed by atoms with E-state index in [1.165, 1.54) is 25.7 Å². The van der Waals surface area contributed by atoms with E-state index in [1.807, 2.05) is 24.3 Å². The van der Waals surface area contributed by atoms with E-state index in [4.69, 9.17) is 4.42 Å². The number of fused-ring (bicyclic) bond motifs is 1. The quantitative estimate of drug-likeness (QED) is 0.898. The van der Waals surface area contributed by atoms with Crippen molar-refractivity contribution in [2.75, 3.05) is 0 Å². The zero-order valence-corrected chi connectivity index (χ0v) is 12.3. The molecule has 1 fully saturated rings. The second-order valence-corrected chi connectivity index (χ2v) is 6.05. The van der Waals surface area contributed by atoms with Gasteiger partial charge < -0.3 is 14.8 Å². The van der Waals surface area contributed by atoms with Crippen molar-refractivity contribution in [3.05, 3.63) is 35.6 Å². The van der Waals surface area contributed by atoms with E-state index in [0.29, 0.717) is 18.2 Å². The zero-order chi connectivity index (χ0) is 14.8. The number of nitrogens with one attached hydrogen (secondary N) is 1. The number of rotatable bonds is 4. The van der Waals surface area contributed by atoms with Crippen molar-refractivity contribution in [3.8, 4) is 0 Å². The topological polar surface area (TPSA) is 62.5 Å². The average Bonchev–Trinajstić information content (AvgIpc) is 2.86. The second kappa shape index (κ2) is 5.90. The summed E-state index contributed by atoms with van der Waals surface area (Å²) in [7, 11) is 0. The molecule has 1 saturated carbocycles. The number of furan rings is 1. The van der Waals surface area contributed by atoms with Gasteiger partial charge >= 0.3 is 5.97 Å². The summed E-state index contributed by atoms with van der Waals surface area (Å²) < 4.78 is 5.48. The van der Waals surface area contributed by atoms with Gasteiger partial charge in [-0.2, -0.15) is 0 Å². The first-order chi connectivity index (χ1) is 10.1. The molecule has 0 amide bonds. The van der Waals surface area contributed by atoms with Crippen LogP contribution < -0.4 is 5.32 Å². The molecule has 4 nitrogen and oxygen atoms in total. The number of aromatic carboxylic acids is 1. The first-order valence-corrected chi connectivity index (χ1v) is 7.62. The number of para-hydroxylation sites is 1. The van der Waals surface area contributed by atoms with Crippen LogP contribution in [0.1, 0.15) is 48.7 Å². The maximum atomic E-state index is 11.4. The molecule has 0 unspecified atom stereocenters. The third-order valence-electron chi connectivity index (χ3n) is 4.48. The van der Waals surface area contributed by atoms with Gasteiger partial charge in [-0.1, -0.05) is 25.1 Å². The fraction of sp³-hybridized carbons (Fsp3) is 0.471. The molecule has 1 aromatic heterocycles. The molecule has 0 bridgehead atoms. The molecule has 0 atom stereocenters. The minimum absolute atomic E-state index is 0.0628. The summed E-state index contributed by atoms with van der Waals surface area (Å²) in [5.41, 5.74) is 1.40.